The van der Waals surface area contributed by atoms with E-state index in [9.17, 15) is 14.4 Å². The van der Waals surface area contributed by atoms with Crippen LogP contribution in [0.25, 0.3) is 11.2 Å². The summed E-state index contributed by atoms with van der Waals surface area (Å²) in [6, 6.07) is 3.29. The van der Waals surface area contributed by atoms with Crippen molar-refractivity contribution in [1.82, 2.24) is 19.9 Å². The Morgan fingerprint density at radius 2 is 2.13 bits per heavy atom. The highest BCUT2D eigenvalue weighted by Gasteiger charge is 2.18. The van der Waals surface area contributed by atoms with Crippen LogP contribution in [0.15, 0.2) is 23.1 Å². The number of ether oxygens (including phenoxy) is 2. The van der Waals surface area contributed by atoms with Gasteiger partial charge in [-0.15, -0.1) is 0 Å². The molecule has 0 saturated heterocycles. The van der Waals surface area contributed by atoms with E-state index in [0.29, 0.717) is 11.2 Å². The molecule has 9 nitrogen and oxygen atoms in total. The molecule has 0 aliphatic heterocycles. The Labute approximate surface area is 131 Å². The number of nitrogens with one attached hydrogen (secondary N) is 1. The molecule has 2 aromatic rings. The maximum atomic E-state index is 12.5. The maximum Gasteiger partial charge on any atom is 0.325 e. The largest absolute Gasteiger partial charge is 0.468 e. The lowest BCUT2D eigenvalue weighted by Crippen LogP contribution is -2.37. The molecule has 0 aliphatic carbocycles. The van der Waals surface area contributed by atoms with Gasteiger partial charge in [0.25, 0.3) is 11.5 Å². The molecule has 0 atom stereocenters. The normalized spacial score (nSPS) is 10.5. The Bertz CT molecular complexity index is 786. The van der Waals surface area contributed by atoms with Crippen molar-refractivity contribution in [2.75, 3.05) is 27.4 Å². The number of hydrogen-bond acceptors (Lipinski definition) is 7. The van der Waals surface area contributed by atoms with E-state index < -0.39 is 17.4 Å². The fourth-order valence-corrected chi connectivity index (χ4v) is 1.92. The smallest absolute Gasteiger partial charge is 0.325 e. The number of pyridine rings is 1. The second-order valence-corrected chi connectivity index (χ2v) is 4.51. The molecular weight excluding hydrogens is 304 g/mol. The number of esters is 1. The molecule has 0 saturated carbocycles. The number of aromatic nitrogens is 3. The first kappa shape index (κ1) is 16.6. The van der Waals surface area contributed by atoms with E-state index >= 15 is 0 Å². The van der Waals surface area contributed by atoms with Crippen molar-refractivity contribution in [2.45, 2.75) is 6.54 Å². The number of rotatable bonds is 6. The van der Waals surface area contributed by atoms with Crippen molar-refractivity contribution in [2.24, 2.45) is 0 Å². The fraction of sp³-hybridized carbons (Fsp3) is 0.357. The van der Waals surface area contributed by atoms with Gasteiger partial charge in [-0.1, -0.05) is 0 Å². The van der Waals surface area contributed by atoms with Crippen LogP contribution in [0.3, 0.4) is 0 Å². The third kappa shape index (κ3) is 3.69. The van der Waals surface area contributed by atoms with Gasteiger partial charge >= 0.3 is 5.97 Å². The summed E-state index contributed by atoms with van der Waals surface area (Å²) in [5.41, 5.74) is -0.161. The van der Waals surface area contributed by atoms with Crippen LogP contribution in [0, 0.1) is 0 Å². The van der Waals surface area contributed by atoms with E-state index in [0.717, 1.165) is 0 Å². The molecule has 0 spiro atoms. The summed E-state index contributed by atoms with van der Waals surface area (Å²) in [5, 5.41) is 2.30. The van der Waals surface area contributed by atoms with Gasteiger partial charge in [0.05, 0.1) is 20.3 Å². The Balaban J connectivity index is 2.43. The summed E-state index contributed by atoms with van der Waals surface area (Å²) in [5.74, 6) is -1.38. The second kappa shape index (κ2) is 7.45. The predicted octanol–water partition coefficient (Wildman–Crippen LogP) is -0.659. The predicted molar refractivity (Wildman–Crippen MR) is 80.0 cm³/mol. The van der Waals surface area contributed by atoms with Crippen molar-refractivity contribution in [3.63, 3.8) is 0 Å². The van der Waals surface area contributed by atoms with Gasteiger partial charge in [-0.2, -0.15) is 0 Å². The van der Waals surface area contributed by atoms with Crippen LogP contribution in [-0.4, -0.2) is 53.8 Å². The van der Waals surface area contributed by atoms with Crippen LogP contribution >= 0.6 is 0 Å². The SMILES string of the molecule is COCCn1c(=O)c(C(=O)NCC(=O)OC)nc2cccnc21. The van der Waals surface area contributed by atoms with Crippen molar-refractivity contribution < 1.29 is 19.1 Å². The van der Waals surface area contributed by atoms with Crippen LogP contribution in [0.5, 0.6) is 0 Å². The first-order valence-corrected chi connectivity index (χ1v) is 6.78. The molecule has 0 unspecified atom stereocenters. The average molecular weight is 320 g/mol. The molecule has 0 bridgehead atoms. The first-order valence-electron chi connectivity index (χ1n) is 6.78. The molecule has 23 heavy (non-hydrogen) atoms. The first-order chi connectivity index (χ1) is 11.1. The second-order valence-electron chi connectivity index (χ2n) is 4.51. The van der Waals surface area contributed by atoms with Crippen LogP contribution in [-0.2, 0) is 20.8 Å². The van der Waals surface area contributed by atoms with E-state index in [-0.39, 0.29) is 25.4 Å². The minimum absolute atomic E-state index is 0.225. The van der Waals surface area contributed by atoms with Gasteiger partial charge < -0.3 is 14.8 Å². The maximum absolute atomic E-state index is 12.5. The van der Waals surface area contributed by atoms with Crippen LogP contribution in [0.1, 0.15) is 10.5 Å². The van der Waals surface area contributed by atoms with Crippen LogP contribution in [0.4, 0.5) is 0 Å². The van der Waals surface area contributed by atoms with Crippen LogP contribution < -0.4 is 10.9 Å². The molecule has 2 aromatic heterocycles. The Morgan fingerprint density at radius 3 is 2.83 bits per heavy atom. The van der Waals surface area contributed by atoms with E-state index in [2.05, 4.69) is 20.0 Å². The number of carbonyl (C=O) groups is 2. The molecule has 1 amide bonds. The summed E-state index contributed by atoms with van der Waals surface area (Å²) in [6.45, 7) is 0.154. The lowest BCUT2D eigenvalue weighted by molar-refractivity contribution is -0.139. The highest BCUT2D eigenvalue weighted by Crippen LogP contribution is 2.07. The zero-order valence-corrected chi connectivity index (χ0v) is 12.7. The molecule has 2 heterocycles. The van der Waals surface area contributed by atoms with Crippen molar-refractivity contribution >= 4 is 23.0 Å². The fourth-order valence-electron chi connectivity index (χ4n) is 1.92. The van der Waals surface area contributed by atoms with Gasteiger partial charge in [-0.25, -0.2) is 9.97 Å². The van der Waals surface area contributed by atoms with Crippen molar-refractivity contribution in [3.05, 3.63) is 34.4 Å². The molecular formula is C14H16N4O5. The number of nitrogens with zero attached hydrogens (tertiary/aromatic N) is 3. The third-order valence-corrected chi connectivity index (χ3v) is 3.06. The van der Waals surface area contributed by atoms with E-state index in [1.807, 2.05) is 0 Å². The summed E-state index contributed by atoms with van der Waals surface area (Å²) >= 11 is 0. The van der Waals surface area contributed by atoms with Crippen molar-refractivity contribution in [1.29, 1.82) is 0 Å². The standard InChI is InChI=1S/C14H16N4O5/c1-22-7-6-18-12-9(4-3-5-15-12)17-11(14(18)21)13(20)16-8-10(19)23-2/h3-5H,6-8H2,1-2H3,(H,16,20). The minimum atomic E-state index is -0.752. The lowest BCUT2D eigenvalue weighted by Gasteiger charge is -2.10. The highest BCUT2D eigenvalue weighted by atomic mass is 16.5. The number of amides is 1. The van der Waals surface area contributed by atoms with Crippen molar-refractivity contribution in [3.8, 4) is 0 Å². The number of carbonyl (C=O) groups excluding carboxylic acids is 2. The van der Waals surface area contributed by atoms with Gasteiger partial charge in [0.15, 0.2) is 11.3 Å². The van der Waals surface area contributed by atoms with Crippen LogP contribution in [0.2, 0.25) is 0 Å². The van der Waals surface area contributed by atoms with Gasteiger partial charge in [0.2, 0.25) is 0 Å². The molecule has 0 fully saturated rings. The van der Waals surface area contributed by atoms with E-state index in [4.69, 9.17) is 4.74 Å². The number of fused-ring (bicyclic) bond motifs is 1. The monoisotopic (exact) mass is 320 g/mol. The molecule has 122 valence electrons. The Hall–Kier alpha value is -2.81. The summed E-state index contributed by atoms with van der Waals surface area (Å²) in [6.07, 6.45) is 1.53. The van der Waals surface area contributed by atoms with Gasteiger partial charge in [-0.3, -0.25) is 19.0 Å². The quantitative estimate of drug-likeness (QED) is 0.703. The molecule has 1 N–H and O–H groups in total. The lowest BCUT2D eigenvalue weighted by atomic mass is 10.3. The summed E-state index contributed by atoms with van der Waals surface area (Å²) < 4.78 is 10.7. The average Bonchev–Trinajstić information content (AvgIpc) is 2.58. The summed E-state index contributed by atoms with van der Waals surface area (Å²) in [4.78, 5) is 43.8. The molecule has 0 radical (unpaired) electrons. The molecule has 9 heteroatoms. The zero-order chi connectivity index (χ0) is 16.8. The summed E-state index contributed by atoms with van der Waals surface area (Å²) in [7, 11) is 2.71. The topological polar surface area (TPSA) is 112 Å². The number of hydrogen-bond donors (Lipinski definition) is 1. The van der Waals surface area contributed by atoms with Gasteiger partial charge in [-0.05, 0) is 12.1 Å². The minimum Gasteiger partial charge on any atom is -0.468 e. The Morgan fingerprint density at radius 1 is 1.35 bits per heavy atom. The van der Waals surface area contributed by atoms with E-state index in [1.165, 1.54) is 25.0 Å². The molecule has 0 aromatic carbocycles. The van der Waals surface area contributed by atoms with Gasteiger partial charge in [0.1, 0.15) is 12.1 Å². The van der Waals surface area contributed by atoms with E-state index in [1.54, 1.807) is 12.1 Å². The zero-order valence-electron chi connectivity index (χ0n) is 12.7. The number of methoxy groups -OCH3 is 2. The third-order valence-electron chi connectivity index (χ3n) is 3.06. The highest BCUT2D eigenvalue weighted by molar-refractivity contribution is 5.95. The molecule has 0 aliphatic rings. The van der Waals surface area contributed by atoms with Gasteiger partial charge in [0, 0.05) is 13.3 Å². The Kier molecular flexibility index (Phi) is 5.36. The molecule has 2 rings (SSSR count).